The monoisotopic (exact) mass is 1670 g/mol. The second-order valence-corrected chi connectivity index (χ2v) is 31.9. The van der Waals surface area contributed by atoms with Crippen LogP contribution in [0.1, 0.15) is 28.2 Å². The summed E-state index contributed by atoms with van der Waals surface area (Å²) in [5, 5.41) is 19.9. The molecule has 14 unspecified atom stereocenters. The van der Waals surface area contributed by atoms with Crippen molar-refractivity contribution < 1.29 is 220 Å². The number of nitrogens with zero attached hydrogens (tertiary/aromatic N) is 1. The van der Waals surface area contributed by atoms with Gasteiger partial charge in [0.2, 0.25) is 0 Å². The van der Waals surface area contributed by atoms with Crippen LogP contribution >= 0.6 is 78.2 Å². The maximum Gasteiger partial charge on any atom is 0.470 e. The molecule has 0 aliphatic carbocycles. The molecule has 0 heterocycles. The second-order valence-electron chi connectivity index (χ2n) is 18.9. The second kappa shape index (κ2) is 56.8. The van der Waals surface area contributed by atoms with Crippen molar-refractivity contribution in [1.82, 2.24) is 21.3 Å². The molecule has 0 aliphatic rings. The van der Waals surface area contributed by atoms with Gasteiger partial charge in [0.05, 0.1) is 179 Å². The SMILES string of the molecule is C.CNCOCC(C)OP(=O)([O-])OCCOP(=O)([O-])O.CNCOCC(C)OP(=O)([O-])OCCOP(=O)([O-])O.CNCOCC(C)OP(=O)([O-])OCCOP(=O)([O-])O.CNCOCC(COP(=O)([O-])OCCOP(=O)([O-])OCCOP(=O)([O-])OC(CO)COC[N+](C)(C)C)OP(=O)(O)O. The van der Waals surface area contributed by atoms with Gasteiger partial charge < -0.3 is 170 Å². The number of aliphatic hydroxyl groups excluding tert-OH is 1. The Morgan fingerprint density at radius 2 is 0.576 bits per heavy atom. The fourth-order valence-electron chi connectivity index (χ4n) is 4.96. The predicted octanol–water partition coefficient (Wildman–Crippen LogP) is -6.52. The van der Waals surface area contributed by atoms with E-state index >= 15 is 0 Å². The molecule has 14 atom stereocenters. The van der Waals surface area contributed by atoms with Crippen LogP contribution in [0.4, 0.5) is 0 Å². The standard InChI is InChI=1S/C16H40N2O19P4.3C7H19NO9P2.CH4/c1-17-13-29-11-16(36-38(20,21)22)12-35-40(25,26)33-6-5-31-39(23,24)32-7-8-34-41(27,28)37-15(9-19)10-30-14-18(2,3)4;3*1-7(5-14-6-8-2)17-19(12,13)16-4-3-15-18(9,10)11;/h15-17,19H,5-14H2,1-4H3,(H4-,20,21,22,23,24,25,26,27,28);3*7-8H,3-6H2,1-2H3,(H,12,13)(H2,9,10,11);1H4/p-8. The van der Waals surface area contributed by atoms with Crippen LogP contribution in [0.3, 0.4) is 0 Å². The van der Waals surface area contributed by atoms with Gasteiger partial charge in [-0.05, 0) is 49.0 Å². The van der Waals surface area contributed by atoms with E-state index in [0.717, 1.165) is 0 Å². The maximum absolute atomic E-state index is 11.9. The summed E-state index contributed by atoms with van der Waals surface area (Å²) in [5.74, 6) is 0. The van der Waals surface area contributed by atoms with E-state index in [1.54, 1.807) is 21.1 Å². The van der Waals surface area contributed by atoms with Gasteiger partial charge in [-0.2, -0.15) is 0 Å². The lowest BCUT2D eigenvalue weighted by molar-refractivity contribution is -0.890. The van der Waals surface area contributed by atoms with Crippen molar-refractivity contribution in [3.8, 4) is 0 Å². The zero-order valence-electron chi connectivity index (χ0n) is 54.4. The summed E-state index contributed by atoms with van der Waals surface area (Å²) in [5.41, 5.74) is 0. The van der Waals surface area contributed by atoms with E-state index in [1.165, 1.54) is 27.8 Å². The van der Waals surface area contributed by atoms with Crippen LogP contribution < -0.4 is 65.3 Å². The first kappa shape index (κ1) is 108. The molecule has 0 amide bonds. The normalized spacial score (nSPS) is 19.1. The molecule has 0 saturated heterocycles. The molecule has 0 fully saturated rings. The van der Waals surface area contributed by atoms with Gasteiger partial charge >= 0.3 is 7.82 Å². The molecule has 0 bridgehead atoms. The van der Waals surface area contributed by atoms with E-state index in [2.05, 4.69) is 93.6 Å². The van der Waals surface area contributed by atoms with E-state index in [9.17, 15) is 94.8 Å². The number of hydrogen-bond donors (Lipinski definition) is 10. The van der Waals surface area contributed by atoms with Crippen LogP contribution in [0.2, 0.25) is 0 Å². The lowest BCUT2D eigenvalue weighted by atomic mass is 10.4. The predicted molar refractivity (Wildman–Crippen MR) is 316 cm³/mol. The van der Waals surface area contributed by atoms with Crippen molar-refractivity contribution in [1.29, 1.82) is 0 Å². The third kappa shape index (κ3) is 82.6. The fraction of sp³-hybridized carbons (Fsp3) is 1.00. The number of nitrogens with one attached hydrogen (secondary N) is 4. The van der Waals surface area contributed by atoms with Gasteiger partial charge in [-0.1, -0.05) is 7.43 Å². The number of ether oxygens (including phenoxy) is 5. The summed E-state index contributed by atoms with van der Waals surface area (Å²) in [7, 11) is -36.6. The highest BCUT2D eigenvalue weighted by Crippen LogP contribution is 2.46. The molecule has 0 rings (SSSR count). The molecule has 0 radical (unpaired) electrons. The van der Waals surface area contributed by atoms with Crippen molar-refractivity contribution >= 4 is 78.2 Å². The van der Waals surface area contributed by atoms with Crippen LogP contribution in [-0.2, 0) is 142 Å². The molecular weight excluding hydrogens is 1570 g/mol. The lowest BCUT2D eigenvalue weighted by Crippen LogP contribution is -2.38. The van der Waals surface area contributed by atoms with Crippen molar-refractivity contribution in [3.05, 3.63) is 0 Å². The summed E-state index contributed by atoms with van der Waals surface area (Å²) in [4.78, 5) is 142. The van der Waals surface area contributed by atoms with E-state index in [0.29, 0.717) is 4.48 Å². The van der Waals surface area contributed by atoms with Crippen LogP contribution in [0.5, 0.6) is 0 Å². The summed E-state index contributed by atoms with van der Waals surface area (Å²) in [6, 6.07) is 0. The van der Waals surface area contributed by atoms with Crippen molar-refractivity contribution in [3.63, 3.8) is 0 Å². The molecule has 10 N–H and O–H groups in total. The molecule has 61 heteroatoms. The van der Waals surface area contributed by atoms with Gasteiger partial charge in [-0.25, -0.2) is 4.57 Å². The molecule has 0 aliphatic heterocycles. The third-order valence-electron chi connectivity index (χ3n) is 8.17. The molecule has 0 spiro atoms. The summed E-state index contributed by atoms with van der Waals surface area (Å²) in [6.45, 7) is -4.15. The molecule has 0 saturated carbocycles. The number of rotatable bonds is 59. The number of aliphatic hydroxyl groups is 1. The zero-order valence-corrected chi connectivity index (χ0v) is 63.3. The van der Waals surface area contributed by atoms with Crippen LogP contribution in [0, 0.1) is 0 Å². The molecule has 99 heavy (non-hydrogen) atoms. The first-order chi connectivity index (χ1) is 44.7. The number of phosphoric acid groups is 10. The largest absolute Gasteiger partial charge is 0.756 e. The minimum atomic E-state index is -5.10. The lowest BCUT2D eigenvalue weighted by Gasteiger charge is -2.29. The molecular formula is C38H93N5O46P10-8. The van der Waals surface area contributed by atoms with Gasteiger partial charge in [0.1, 0.15) is 12.2 Å². The quantitative estimate of drug-likeness (QED) is 0.0117. The van der Waals surface area contributed by atoms with Crippen molar-refractivity contribution in [2.24, 2.45) is 0 Å². The fourth-order valence-corrected chi connectivity index (χ4v) is 11.2. The Bertz CT molecular complexity index is 2400. The average Bonchev–Trinajstić information content (AvgIpc) is 0.933. The first-order valence-electron chi connectivity index (χ1n) is 27.1. The minimum absolute atomic E-state index is 0. The smallest absolute Gasteiger partial charge is 0.470 e. The summed E-state index contributed by atoms with van der Waals surface area (Å²) in [6.07, 6.45) is -5.06. The Labute approximate surface area is 571 Å². The molecule has 0 aromatic carbocycles. The zero-order chi connectivity index (χ0) is 76.6. The van der Waals surface area contributed by atoms with Crippen molar-refractivity contribution in [2.45, 2.75) is 58.7 Å². The molecule has 604 valence electrons. The topological polar surface area (TPSA) is 742 Å². The van der Waals surface area contributed by atoms with E-state index in [4.69, 9.17) is 48.2 Å². The van der Waals surface area contributed by atoms with Crippen LogP contribution in [0.15, 0.2) is 0 Å². The Kier molecular flexibility index (Phi) is 62.2. The average molecular weight is 1670 g/mol. The highest BCUT2D eigenvalue weighted by molar-refractivity contribution is 7.48. The summed E-state index contributed by atoms with van der Waals surface area (Å²) < 4.78 is 206. The number of hydrogen-bond acceptors (Lipinski definition) is 45. The molecule has 0 aromatic rings. The number of phosphoric ester groups is 10. The molecule has 0 aromatic heterocycles. The van der Waals surface area contributed by atoms with Gasteiger partial charge in [0.25, 0.3) is 70.4 Å². The summed E-state index contributed by atoms with van der Waals surface area (Å²) >= 11 is 0. The van der Waals surface area contributed by atoms with Crippen LogP contribution in [-0.4, -0.2) is 260 Å². The van der Waals surface area contributed by atoms with Gasteiger partial charge in [0.15, 0.2) is 6.73 Å². The first-order valence-corrected chi connectivity index (χ1v) is 41.9. The Hall–Kier alpha value is 0.660. The van der Waals surface area contributed by atoms with Crippen LogP contribution in [0.25, 0.3) is 0 Å². The van der Waals surface area contributed by atoms with E-state index < -0.39 is 195 Å². The van der Waals surface area contributed by atoms with E-state index in [1.807, 2.05) is 21.1 Å². The highest BCUT2D eigenvalue weighted by atomic mass is 31.2. The Morgan fingerprint density at radius 3 is 0.828 bits per heavy atom. The van der Waals surface area contributed by atoms with Crippen molar-refractivity contribution in [2.75, 3.05) is 195 Å². The molecule has 51 nitrogen and oxygen atoms in total. The van der Waals surface area contributed by atoms with Gasteiger partial charge in [0, 0.05) is 0 Å². The number of quaternary nitrogens is 1. The Morgan fingerprint density at radius 1 is 0.333 bits per heavy atom. The maximum atomic E-state index is 11.9. The van der Waals surface area contributed by atoms with E-state index in [-0.39, 0.29) is 67.5 Å². The third-order valence-corrected chi connectivity index (χ3v) is 16.6. The van der Waals surface area contributed by atoms with Gasteiger partial charge in [-0.3, -0.25) is 66.9 Å². The van der Waals surface area contributed by atoms with Gasteiger partial charge in [-0.15, -0.1) is 0 Å². The Balaban J connectivity index is -0.000000428. The highest BCUT2D eigenvalue weighted by Gasteiger charge is 2.26. The minimum Gasteiger partial charge on any atom is -0.756 e.